The highest BCUT2D eigenvalue weighted by atomic mass is 16.5. The quantitative estimate of drug-likeness (QED) is 0.531. The molecule has 0 spiro atoms. The molecule has 1 aromatic rings. The van der Waals surface area contributed by atoms with Crippen LogP contribution in [0.25, 0.3) is 0 Å². The Morgan fingerprint density at radius 2 is 1.88 bits per heavy atom. The zero-order valence-electron chi connectivity index (χ0n) is 15.2. The fraction of sp³-hybridized carbons (Fsp3) is 0.412. The molecule has 0 unspecified atom stereocenters. The van der Waals surface area contributed by atoms with Crippen molar-refractivity contribution in [3.05, 3.63) is 17.7 Å². The van der Waals surface area contributed by atoms with Gasteiger partial charge in [-0.25, -0.2) is 10.9 Å². The Bertz CT molecular complexity index is 745. The molecule has 0 fully saturated rings. The molecule has 2 rings (SSSR count). The maximum Gasteiger partial charge on any atom is 0.248 e. The lowest BCUT2D eigenvalue weighted by molar-refractivity contribution is -0.123. The largest absolute Gasteiger partial charge is 0.496 e. The highest BCUT2D eigenvalue weighted by molar-refractivity contribution is 6.07. The minimum absolute atomic E-state index is 0.158. The van der Waals surface area contributed by atoms with Crippen LogP contribution in [0.3, 0.4) is 0 Å². The van der Waals surface area contributed by atoms with Crippen molar-refractivity contribution in [2.24, 2.45) is 16.1 Å². The van der Waals surface area contributed by atoms with Crippen molar-refractivity contribution in [3.8, 4) is 17.2 Å². The summed E-state index contributed by atoms with van der Waals surface area (Å²) in [6, 6.07) is 3.36. The molecule has 9 nitrogen and oxygen atoms in total. The van der Waals surface area contributed by atoms with E-state index in [2.05, 4.69) is 21.1 Å². The van der Waals surface area contributed by atoms with Gasteiger partial charge in [-0.1, -0.05) is 0 Å². The summed E-state index contributed by atoms with van der Waals surface area (Å²) in [5.74, 6) is 0.716. The van der Waals surface area contributed by atoms with Crippen LogP contribution in [-0.4, -0.2) is 45.1 Å². The summed E-state index contributed by atoms with van der Waals surface area (Å²) in [6.07, 6.45) is 1.99. The molecular formula is C17H22N4O5. The summed E-state index contributed by atoms with van der Waals surface area (Å²) >= 11 is 0. The molecule has 1 heterocycles. The van der Waals surface area contributed by atoms with Crippen molar-refractivity contribution in [2.75, 3.05) is 21.3 Å². The van der Waals surface area contributed by atoms with E-state index in [9.17, 15) is 9.59 Å². The maximum absolute atomic E-state index is 11.9. The van der Waals surface area contributed by atoms with Crippen molar-refractivity contribution in [2.45, 2.75) is 19.8 Å². The molecule has 0 bridgehead atoms. The summed E-state index contributed by atoms with van der Waals surface area (Å²) in [6.45, 7) is 1.75. The highest BCUT2D eigenvalue weighted by Gasteiger charge is 2.26. The van der Waals surface area contributed by atoms with Crippen LogP contribution >= 0.6 is 0 Å². The monoisotopic (exact) mass is 362 g/mol. The van der Waals surface area contributed by atoms with E-state index in [0.29, 0.717) is 34.9 Å². The number of hydrazone groups is 2. The van der Waals surface area contributed by atoms with Gasteiger partial charge in [0.05, 0.1) is 33.5 Å². The van der Waals surface area contributed by atoms with E-state index in [1.54, 1.807) is 19.1 Å². The van der Waals surface area contributed by atoms with Crippen molar-refractivity contribution < 1.29 is 23.8 Å². The van der Waals surface area contributed by atoms with E-state index in [4.69, 9.17) is 14.2 Å². The zero-order valence-corrected chi connectivity index (χ0v) is 15.2. The molecule has 0 saturated heterocycles. The van der Waals surface area contributed by atoms with Gasteiger partial charge in [-0.15, -0.1) is 0 Å². The molecule has 140 valence electrons. The Morgan fingerprint density at radius 1 is 1.23 bits per heavy atom. The fourth-order valence-corrected chi connectivity index (χ4v) is 2.49. The zero-order chi connectivity index (χ0) is 19.1. The molecule has 9 heteroatoms. The Balaban J connectivity index is 1.96. The first-order valence-electron chi connectivity index (χ1n) is 7.96. The van der Waals surface area contributed by atoms with Crippen molar-refractivity contribution in [3.63, 3.8) is 0 Å². The predicted molar refractivity (Wildman–Crippen MR) is 95.8 cm³/mol. The van der Waals surface area contributed by atoms with Crippen molar-refractivity contribution in [1.29, 1.82) is 0 Å². The van der Waals surface area contributed by atoms with Gasteiger partial charge in [0.15, 0.2) is 11.5 Å². The fourth-order valence-electron chi connectivity index (χ4n) is 2.49. The molecule has 1 aromatic carbocycles. The number of carbonyl (C=O) groups is 2. The highest BCUT2D eigenvalue weighted by Crippen LogP contribution is 2.33. The smallest absolute Gasteiger partial charge is 0.248 e. The number of nitrogens with one attached hydrogen (secondary N) is 2. The predicted octanol–water partition coefficient (Wildman–Crippen LogP) is 1.06. The van der Waals surface area contributed by atoms with Gasteiger partial charge in [-0.2, -0.15) is 10.2 Å². The molecule has 1 aliphatic rings. The number of amides is 2. The van der Waals surface area contributed by atoms with Crippen LogP contribution < -0.4 is 25.1 Å². The van der Waals surface area contributed by atoms with Crippen LogP contribution in [0.1, 0.15) is 25.3 Å². The van der Waals surface area contributed by atoms with Crippen molar-refractivity contribution in [1.82, 2.24) is 10.9 Å². The third-order valence-electron chi connectivity index (χ3n) is 3.95. The van der Waals surface area contributed by atoms with E-state index in [1.165, 1.54) is 27.5 Å². The van der Waals surface area contributed by atoms with Gasteiger partial charge >= 0.3 is 0 Å². The van der Waals surface area contributed by atoms with Gasteiger partial charge in [0.1, 0.15) is 5.75 Å². The first-order valence-corrected chi connectivity index (χ1v) is 7.96. The lowest BCUT2D eigenvalue weighted by atomic mass is 9.99. The second-order valence-electron chi connectivity index (χ2n) is 5.56. The average Bonchev–Trinajstić information content (AvgIpc) is 2.97. The van der Waals surface area contributed by atoms with E-state index < -0.39 is 0 Å². The lowest BCUT2D eigenvalue weighted by Gasteiger charge is -2.11. The molecule has 0 aliphatic carbocycles. The molecule has 1 atom stereocenters. The number of carbonyl (C=O) groups excluding carboxylic acids is 2. The maximum atomic E-state index is 11.9. The average molecular weight is 362 g/mol. The van der Waals surface area contributed by atoms with Gasteiger partial charge in [0.2, 0.25) is 11.8 Å². The Morgan fingerprint density at radius 3 is 2.46 bits per heavy atom. The molecule has 2 amide bonds. The van der Waals surface area contributed by atoms with Crippen LogP contribution in [0.15, 0.2) is 22.3 Å². The van der Waals surface area contributed by atoms with E-state index in [0.717, 1.165) is 0 Å². The van der Waals surface area contributed by atoms with Gasteiger partial charge in [-0.05, 0) is 19.4 Å². The summed E-state index contributed by atoms with van der Waals surface area (Å²) in [7, 11) is 4.58. The lowest BCUT2D eigenvalue weighted by Crippen LogP contribution is -2.25. The van der Waals surface area contributed by atoms with Crippen LogP contribution in [-0.2, 0) is 9.59 Å². The first-order chi connectivity index (χ1) is 12.5. The summed E-state index contributed by atoms with van der Waals surface area (Å²) < 4.78 is 15.7. The number of methoxy groups -OCH3 is 3. The second-order valence-corrected chi connectivity index (χ2v) is 5.56. The molecule has 2 N–H and O–H groups in total. The Kier molecular flexibility index (Phi) is 6.54. The topological polar surface area (TPSA) is 111 Å². The number of rotatable bonds is 8. The van der Waals surface area contributed by atoms with E-state index >= 15 is 0 Å². The van der Waals surface area contributed by atoms with Gasteiger partial charge in [-0.3, -0.25) is 9.59 Å². The number of benzene rings is 1. The van der Waals surface area contributed by atoms with Crippen LogP contribution in [0.2, 0.25) is 0 Å². The van der Waals surface area contributed by atoms with Crippen LogP contribution in [0.4, 0.5) is 0 Å². The van der Waals surface area contributed by atoms with Gasteiger partial charge in [0, 0.05) is 23.8 Å². The minimum atomic E-state index is -0.365. The standard InChI is InChI=1S/C17H22N4O5/c1-10-12(17(23)21-19-10)5-6-16(22)20-18-9-11-7-14(25-3)15(26-4)8-13(11)24-2/h7-9,12H,5-6H2,1-4H3,(H,20,22)(H,21,23)/b18-9-/t12-/m1/s1. The normalized spacial score (nSPS) is 16.2. The summed E-state index contributed by atoms with van der Waals surface area (Å²) in [5, 5.41) is 7.78. The Labute approximate surface area is 151 Å². The van der Waals surface area contributed by atoms with E-state index in [1.807, 2.05) is 0 Å². The van der Waals surface area contributed by atoms with E-state index in [-0.39, 0.29) is 24.2 Å². The number of hydrogen-bond donors (Lipinski definition) is 2. The molecule has 0 saturated carbocycles. The number of ether oxygens (including phenoxy) is 3. The first kappa shape index (κ1) is 19.2. The van der Waals surface area contributed by atoms with Crippen LogP contribution in [0, 0.1) is 5.92 Å². The van der Waals surface area contributed by atoms with Crippen LogP contribution in [0.5, 0.6) is 17.2 Å². The minimum Gasteiger partial charge on any atom is -0.496 e. The molecule has 0 radical (unpaired) electrons. The molecular weight excluding hydrogens is 340 g/mol. The molecule has 1 aliphatic heterocycles. The summed E-state index contributed by atoms with van der Waals surface area (Å²) in [5.41, 5.74) is 6.12. The third kappa shape index (κ3) is 4.50. The number of hydrogen-bond acceptors (Lipinski definition) is 7. The third-order valence-corrected chi connectivity index (χ3v) is 3.95. The number of nitrogens with zero attached hydrogens (tertiary/aromatic N) is 2. The summed E-state index contributed by atoms with van der Waals surface area (Å²) in [4.78, 5) is 23.5. The van der Waals surface area contributed by atoms with Gasteiger partial charge < -0.3 is 14.2 Å². The van der Waals surface area contributed by atoms with Crippen molar-refractivity contribution >= 4 is 23.7 Å². The second kappa shape index (κ2) is 8.84. The molecule has 0 aromatic heterocycles. The Hall–Kier alpha value is -3.10. The van der Waals surface area contributed by atoms with Gasteiger partial charge in [0.25, 0.3) is 0 Å². The molecule has 26 heavy (non-hydrogen) atoms. The SMILES string of the molecule is COc1cc(OC)c(OC)cc1/C=N\NC(=O)CC[C@H]1C(=O)NN=C1C.